The van der Waals surface area contributed by atoms with Crippen molar-refractivity contribution in [2.45, 2.75) is 0 Å². The molecule has 88 valence electrons. The van der Waals surface area contributed by atoms with Gasteiger partial charge in [-0.05, 0) is 0 Å². The Bertz CT molecular complexity index is 118. The van der Waals surface area contributed by atoms with Gasteiger partial charge in [-0.3, -0.25) is 4.70 Å². The van der Waals surface area contributed by atoms with Crippen molar-refractivity contribution in [2.24, 2.45) is 0 Å². The van der Waals surface area contributed by atoms with Gasteiger partial charge in [0, 0.05) is 0 Å². The average molecular weight is 246 g/mol. The smallest absolute Gasteiger partial charge is 0.565 e. The van der Waals surface area contributed by atoms with Crippen LogP contribution >= 0.6 is 0 Å². The molecule has 7 N–H and O–H groups in total. The second-order valence-corrected chi connectivity index (χ2v) is 0.831. The normalized spacial score (nSPS) is 4.80. The fourth-order valence-electron chi connectivity index (χ4n) is 0. The number of halogens is 1. The van der Waals surface area contributed by atoms with Crippen molar-refractivity contribution in [2.75, 3.05) is 0 Å². The minimum atomic E-state index is -2.08. The van der Waals surface area contributed by atoms with Crippen LogP contribution in [0.4, 0.5) is 19.1 Å². The molecular formula is C3H8FNaO10. The van der Waals surface area contributed by atoms with E-state index in [4.69, 9.17) is 45.0 Å². The Morgan fingerprint density at radius 3 is 0.800 bits per heavy atom. The molecule has 15 heavy (non-hydrogen) atoms. The number of carbonyl (C=O) groups is 3. The SMILES string of the molecule is F.O.O=C(O)O.O=C(O)O.O=C([O-])O.[Na+]. The van der Waals surface area contributed by atoms with Crippen molar-refractivity contribution in [1.29, 1.82) is 0 Å². The summed E-state index contributed by atoms with van der Waals surface area (Å²) in [4.78, 5) is 25.6. The van der Waals surface area contributed by atoms with Crippen LogP contribution in [0.5, 0.6) is 0 Å². The molecule has 0 aromatic carbocycles. The first-order chi connectivity index (χ1) is 5.20. The average Bonchev–Trinajstić information content (AvgIpc) is 1.54. The maximum absolute atomic E-state index is 8.56. The van der Waals surface area contributed by atoms with Gasteiger partial charge in [-0.2, -0.15) is 0 Å². The summed E-state index contributed by atoms with van der Waals surface area (Å²) in [5.74, 6) is 0. The van der Waals surface area contributed by atoms with Crippen LogP contribution in [0.2, 0.25) is 0 Å². The summed E-state index contributed by atoms with van der Waals surface area (Å²) in [6.07, 6.45) is -5.75. The van der Waals surface area contributed by atoms with Crippen molar-refractivity contribution in [1.82, 2.24) is 0 Å². The van der Waals surface area contributed by atoms with E-state index in [0.29, 0.717) is 0 Å². The van der Waals surface area contributed by atoms with Crippen LogP contribution in [0, 0.1) is 0 Å². The van der Waals surface area contributed by atoms with Gasteiger partial charge in [0.2, 0.25) is 6.16 Å². The van der Waals surface area contributed by atoms with Gasteiger partial charge < -0.3 is 40.9 Å². The second-order valence-electron chi connectivity index (χ2n) is 0.831. The summed E-state index contributed by atoms with van der Waals surface area (Å²) < 4.78 is 0. The van der Waals surface area contributed by atoms with E-state index in [0.717, 1.165) is 0 Å². The fraction of sp³-hybridized carbons (Fsp3) is 0. The van der Waals surface area contributed by atoms with Crippen molar-refractivity contribution < 1.29 is 84.8 Å². The van der Waals surface area contributed by atoms with Gasteiger partial charge in [0.05, 0.1) is 0 Å². The Morgan fingerprint density at radius 1 is 0.800 bits per heavy atom. The molecule has 0 aliphatic carbocycles. The molecule has 0 fully saturated rings. The molecular weight excluding hydrogens is 238 g/mol. The molecule has 0 saturated carbocycles. The first kappa shape index (κ1) is 37.3. The molecule has 0 saturated heterocycles. The van der Waals surface area contributed by atoms with Gasteiger partial charge in [-0.15, -0.1) is 0 Å². The molecule has 0 rings (SSSR count). The zero-order valence-corrected chi connectivity index (χ0v) is 9.28. The van der Waals surface area contributed by atoms with Gasteiger partial charge in [0.15, 0.2) is 0 Å². The molecule has 0 radical (unpaired) electrons. The van der Waals surface area contributed by atoms with Gasteiger partial charge in [-0.25, -0.2) is 9.59 Å². The second kappa shape index (κ2) is 29.3. The number of hydrogen-bond donors (Lipinski definition) is 5. The minimum absolute atomic E-state index is 0. The number of carboxylic acid groups (broad SMARTS) is 6. The van der Waals surface area contributed by atoms with Crippen molar-refractivity contribution in [3.8, 4) is 0 Å². The molecule has 0 bridgehead atoms. The topological polar surface area (TPSA) is 207 Å². The van der Waals surface area contributed by atoms with Gasteiger partial charge in [0.1, 0.15) is 0 Å². The van der Waals surface area contributed by atoms with Crippen molar-refractivity contribution >= 4 is 18.5 Å². The standard InChI is InChI=1S/3CH2O3.FH.Na.H2O/c3*2-1(3)4;;;/h3*(H2,2,3,4);1H;;1H2/q;;;;+1;/p-1. The molecule has 12 heteroatoms. The fourth-order valence-corrected chi connectivity index (χ4v) is 0. The molecule has 0 spiro atoms. The zero-order chi connectivity index (χ0) is 10.7. The Kier molecular flexibility index (Phi) is 72.9. The van der Waals surface area contributed by atoms with Crippen LogP contribution in [0.15, 0.2) is 0 Å². The molecule has 0 aromatic rings. The third-order valence-electron chi connectivity index (χ3n) is 0. The Morgan fingerprint density at radius 2 is 0.800 bits per heavy atom. The molecule has 0 aliphatic heterocycles. The van der Waals surface area contributed by atoms with E-state index >= 15 is 0 Å². The maximum atomic E-state index is 8.56. The molecule has 0 aromatic heterocycles. The molecule has 0 heterocycles. The summed E-state index contributed by atoms with van der Waals surface area (Å²) >= 11 is 0. The monoisotopic (exact) mass is 246 g/mol. The van der Waals surface area contributed by atoms with Crippen molar-refractivity contribution in [3.05, 3.63) is 0 Å². The number of hydrogen-bond acceptors (Lipinski definition) is 4. The van der Waals surface area contributed by atoms with E-state index in [1.807, 2.05) is 0 Å². The van der Waals surface area contributed by atoms with Crippen LogP contribution < -0.4 is 34.7 Å². The Balaban J connectivity index is -0.0000000184. The van der Waals surface area contributed by atoms with E-state index in [1.54, 1.807) is 0 Å². The van der Waals surface area contributed by atoms with Crippen LogP contribution in [0.25, 0.3) is 0 Å². The minimum Gasteiger partial charge on any atom is -0.565 e. The summed E-state index contributed by atoms with van der Waals surface area (Å²) in [7, 11) is 0. The summed E-state index contributed by atoms with van der Waals surface area (Å²) in [5.41, 5.74) is 0. The summed E-state index contributed by atoms with van der Waals surface area (Å²) in [6.45, 7) is 0. The largest absolute Gasteiger partial charge is 1.00 e. The predicted octanol–water partition coefficient (Wildman–Crippen LogP) is -4.34. The first-order valence-corrected chi connectivity index (χ1v) is 1.93. The third kappa shape index (κ3) is 860. The Hall–Kier alpha value is -1.30. The molecule has 0 amide bonds. The van der Waals surface area contributed by atoms with Crippen LogP contribution in [-0.2, 0) is 0 Å². The summed E-state index contributed by atoms with van der Waals surface area (Å²) in [6, 6.07) is 0. The predicted molar refractivity (Wildman–Crippen MR) is 35.4 cm³/mol. The first-order valence-electron chi connectivity index (χ1n) is 1.93. The quantitative estimate of drug-likeness (QED) is 0.261. The van der Waals surface area contributed by atoms with Crippen molar-refractivity contribution in [3.63, 3.8) is 0 Å². The Labute approximate surface area is 103 Å². The summed E-state index contributed by atoms with van der Waals surface area (Å²) in [5, 5.41) is 43.2. The van der Waals surface area contributed by atoms with Gasteiger partial charge >= 0.3 is 41.9 Å². The number of rotatable bonds is 0. The van der Waals surface area contributed by atoms with E-state index in [9.17, 15) is 0 Å². The molecule has 0 aliphatic rings. The maximum Gasteiger partial charge on any atom is 1.00 e. The van der Waals surface area contributed by atoms with E-state index in [2.05, 4.69) is 0 Å². The zero-order valence-electron chi connectivity index (χ0n) is 7.28. The third-order valence-corrected chi connectivity index (χ3v) is 0. The van der Waals surface area contributed by atoms with E-state index in [1.165, 1.54) is 0 Å². The van der Waals surface area contributed by atoms with Crippen LogP contribution in [0.1, 0.15) is 0 Å². The van der Waals surface area contributed by atoms with Gasteiger partial charge in [-0.1, -0.05) is 0 Å². The van der Waals surface area contributed by atoms with Gasteiger partial charge in [0.25, 0.3) is 0 Å². The van der Waals surface area contributed by atoms with E-state index in [-0.39, 0.29) is 39.7 Å². The molecule has 10 nitrogen and oxygen atoms in total. The van der Waals surface area contributed by atoms with Crippen LogP contribution in [0.3, 0.4) is 0 Å². The van der Waals surface area contributed by atoms with Crippen LogP contribution in [-0.4, -0.2) is 49.5 Å². The van der Waals surface area contributed by atoms with E-state index < -0.39 is 18.5 Å². The molecule has 0 unspecified atom stereocenters. The molecule has 0 atom stereocenters.